The predicted octanol–water partition coefficient (Wildman–Crippen LogP) is 3.30. The molecular formula is C16H26N2. The molecular weight excluding hydrogens is 220 g/mol. The van der Waals surface area contributed by atoms with E-state index in [9.17, 15) is 0 Å². The zero-order valence-corrected chi connectivity index (χ0v) is 11.7. The van der Waals surface area contributed by atoms with Gasteiger partial charge in [0.1, 0.15) is 0 Å². The van der Waals surface area contributed by atoms with Crippen molar-refractivity contribution in [1.29, 1.82) is 0 Å². The topological polar surface area (TPSA) is 24.1 Å². The normalized spacial score (nSPS) is 17.1. The van der Waals surface area contributed by atoms with Gasteiger partial charge in [0.05, 0.1) is 0 Å². The molecule has 2 heteroatoms. The fraction of sp³-hybridized carbons (Fsp3) is 0.625. The summed E-state index contributed by atoms with van der Waals surface area (Å²) < 4.78 is 0. The highest BCUT2D eigenvalue weighted by molar-refractivity contribution is 5.44. The van der Waals surface area contributed by atoms with E-state index in [1.807, 2.05) is 0 Å². The number of rotatable bonds is 5. The molecule has 0 saturated carbocycles. The highest BCUT2D eigenvalue weighted by Crippen LogP contribution is 2.16. The van der Waals surface area contributed by atoms with Gasteiger partial charge in [-0.05, 0) is 61.9 Å². The molecule has 2 N–H and O–H groups in total. The molecule has 1 aromatic rings. The van der Waals surface area contributed by atoms with Crippen LogP contribution in [0.15, 0.2) is 24.3 Å². The molecule has 0 spiro atoms. The lowest BCUT2D eigenvalue weighted by Gasteiger charge is -2.23. The van der Waals surface area contributed by atoms with E-state index in [0.29, 0.717) is 0 Å². The first-order valence-electron chi connectivity index (χ1n) is 7.27. The van der Waals surface area contributed by atoms with Crippen LogP contribution in [-0.4, -0.2) is 19.6 Å². The highest BCUT2D eigenvalue weighted by Gasteiger charge is 2.12. The van der Waals surface area contributed by atoms with Crippen molar-refractivity contribution in [3.8, 4) is 0 Å². The largest absolute Gasteiger partial charge is 0.385 e. The Balaban J connectivity index is 1.78. The highest BCUT2D eigenvalue weighted by atomic mass is 14.9. The third-order valence-electron chi connectivity index (χ3n) is 3.65. The minimum atomic E-state index is 0.735. The summed E-state index contributed by atoms with van der Waals surface area (Å²) in [6, 6.07) is 8.95. The van der Waals surface area contributed by atoms with Gasteiger partial charge in [-0.15, -0.1) is 0 Å². The van der Waals surface area contributed by atoms with Crippen LogP contribution >= 0.6 is 0 Å². The summed E-state index contributed by atoms with van der Waals surface area (Å²) in [5.74, 6) is 1.57. The van der Waals surface area contributed by atoms with E-state index < -0.39 is 0 Å². The standard InChI is InChI=1S/C16H26N2/c1-13(2)11-14-3-5-16(6-4-14)18-12-15-7-9-17-10-8-15/h3-6,13,15,17-18H,7-12H2,1-2H3. The van der Waals surface area contributed by atoms with Crippen molar-refractivity contribution < 1.29 is 0 Å². The molecule has 0 radical (unpaired) electrons. The van der Waals surface area contributed by atoms with Crippen LogP contribution in [-0.2, 0) is 6.42 Å². The van der Waals surface area contributed by atoms with Gasteiger partial charge in [0, 0.05) is 12.2 Å². The van der Waals surface area contributed by atoms with Crippen molar-refractivity contribution in [2.24, 2.45) is 11.8 Å². The van der Waals surface area contributed by atoms with Crippen LogP contribution in [0.4, 0.5) is 5.69 Å². The van der Waals surface area contributed by atoms with Gasteiger partial charge in [0.25, 0.3) is 0 Å². The van der Waals surface area contributed by atoms with Crippen molar-refractivity contribution in [1.82, 2.24) is 5.32 Å². The maximum absolute atomic E-state index is 3.57. The second-order valence-corrected chi connectivity index (χ2v) is 5.87. The molecule has 0 atom stereocenters. The lowest BCUT2D eigenvalue weighted by atomic mass is 9.98. The van der Waals surface area contributed by atoms with E-state index in [1.54, 1.807) is 0 Å². The van der Waals surface area contributed by atoms with Gasteiger partial charge in [-0.1, -0.05) is 26.0 Å². The first-order valence-corrected chi connectivity index (χ1v) is 7.27. The van der Waals surface area contributed by atoms with Crippen LogP contribution in [0.2, 0.25) is 0 Å². The third kappa shape index (κ3) is 4.34. The summed E-state index contributed by atoms with van der Waals surface area (Å²) in [7, 11) is 0. The summed E-state index contributed by atoms with van der Waals surface area (Å²) in [6.07, 6.45) is 3.78. The average molecular weight is 246 g/mol. The smallest absolute Gasteiger partial charge is 0.0340 e. The van der Waals surface area contributed by atoms with Crippen molar-refractivity contribution in [3.63, 3.8) is 0 Å². The van der Waals surface area contributed by atoms with Crippen LogP contribution in [0.1, 0.15) is 32.3 Å². The average Bonchev–Trinajstić information content (AvgIpc) is 2.38. The second kappa shape index (κ2) is 6.79. The van der Waals surface area contributed by atoms with Gasteiger partial charge in [-0.3, -0.25) is 0 Å². The fourth-order valence-corrected chi connectivity index (χ4v) is 2.58. The zero-order valence-electron chi connectivity index (χ0n) is 11.7. The summed E-state index contributed by atoms with van der Waals surface area (Å²) in [5.41, 5.74) is 2.71. The molecule has 0 bridgehead atoms. The third-order valence-corrected chi connectivity index (χ3v) is 3.65. The molecule has 1 saturated heterocycles. The Bertz CT molecular complexity index is 337. The van der Waals surface area contributed by atoms with Gasteiger partial charge >= 0.3 is 0 Å². The van der Waals surface area contributed by atoms with E-state index in [2.05, 4.69) is 48.7 Å². The first-order chi connectivity index (χ1) is 8.74. The fourth-order valence-electron chi connectivity index (χ4n) is 2.58. The molecule has 1 aliphatic rings. The van der Waals surface area contributed by atoms with Crippen molar-refractivity contribution in [3.05, 3.63) is 29.8 Å². The number of piperidine rings is 1. The Kier molecular flexibility index (Phi) is 5.06. The summed E-state index contributed by atoms with van der Waals surface area (Å²) in [4.78, 5) is 0. The van der Waals surface area contributed by atoms with Crippen LogP contribution in [0, 0.1) is 11.8 Å². The quantitative estimate of drug-likeness (QED) is 0.833. The maximum atomic E-state index is 3.57. The second-order valence-electron chi connectivity index (χ2n) is 5.87. The lowest BCUT2D eigenvalue weighted by Crippen LogP contribution is -2.31. The molecule has 0 unspecified atom stereocenters. The Hall–Kier alpha value is -1.02. The molecule has 0 amide bonds. The van der Waals surface area contributed by atoms with E-state index >= 15 is 0 Å². The Morgan fingerprint density at radius 1 is 1.17 bits per heavy atom. The van der Waals surface area contributed by atoms with Crippen LogP contribution in [0.25, 0.3) is 0 Å². The number of benzene rings is 1. The van der Waals surface area contributed by atoms with Crippen LogP contribution in [0.3, 0.4) is 0 Å². The molecule has 1 aromatic carbocycles. The van der Waals surface area contributed by atoms with Gasteiger partial charge < -0.3 is 10.6 Å². The minimum absolute atomic E-state index is 0.735. The minimum Gasteiger partial charge on any atom is -0.385 e. The molecule has 1 fully saturated rings. The number of anilines is 1. The Morgan fingerprint density at radius 3 is 2.44 bits per heavy atom. The Morgan fingerprint density at radius 2 is 1.83 bits per heavy atom. The van der Waals surface area contributed by atoms with E-state index in [-0.39, 0.29) is 0 Å². The summed E-state index contributed by atoms with van der Waals surface area (Å²) in [5, 5.41) is 6.98. The molecule has 0 aromatic heterocycles. The monoisotopic (exact) mass is 246 g/mol. The molecule has 2 rings (SSSR count). The van der Waals surface area contributed by atoms with E-state index in [0.717, 1.165) is 18.4 Å². The van der Waals surface area contributed by atoms with Gasteiger partial charge in [0.2, 0.25) is 0 Å². The van der Waals surface area contributed by atoms with E-state index in [1.165, 1.54) is 43.6 Å². The number of hydrogen-bond acceptors (Lipinski definition) is 2. The summed E-state index contributed by atoms with van der Waals surface area (Å²) >= 11 is 0. The summed E-state index contributed by atoms with van der Waals surface area (Å²) in [6.45, 7) is 8.01. The van der Waals surface area contributed by atoms with Crippen molar-refractivity contribution in [2.45, 2.75) is 33.1 Å². The lowest BCUT2D eigenvalue weighted by molar-refractivity contribution is 0.390. The molecule has 1 heterocycles. The zero-order chi connectivity index (χ0) is 12.8. The molecule has 18 heavy (non-hydrogen) atoms. The molecule has 100 valence electrons. The van der Waals surface area contributed by atoms with Gasteiger partial charge in [0.15, 0.2) is 0 Å². The SMILES string of the molecule is CC(C)Cc1ccc(NCC2CCNCC2)cc1. The van der Waals surface area contributed by atoms with Crippen molar-refractivity contribution >= 4 is 5.69 Å². The number of hydrogen-bond donors (Lipinski definition) is 2. The van der Waals surface area contributed by atoms with Crippen molar-refractivity contribution in [2.75, 3.05) is 25.0 Å². The number of nitrogens with one attached hydrogen (secondary N) is 2. The van der Waals surface area contributed by atoms with Crippen LogP contribution < -0.4 is 10.6 Å². The maximum Gasteiger partial charge on any atom is 0.0340 e. The van der Waals surface area contributed by atoms with E-state index in [4.69, 9.17) is 0 Å². The predicted molar refractivity (Wildman–Crippen MR) is 79.1 cm³/mol. The van der Waals surface area contributed by atoms with Crippen LogP contribution in [0.5, 0.6) is 0 Å². The first kappa shape index (κ1) is 13.4. The molecule has 2 nitrogen and oxygen atoms in total. The Labute approximate surface area is 111 Å². The molecule has 1 aliphatic heterocycles. The van der Waals surface area contributed by atoms with Gasteiger partial charge in [-0.25, -0.2) is 0 Å². The molecule has 0 aliphatic carbocycles. The van der Waals surface area contributed by atoms with Gasteiger partial charge in [-0.2, -0.15) is 0 Å².